The number of anilines is 1. The largest absolute Gasteiger partial charge is 0.319 e. The van der Waals surface area contributed by atoms with E-state index in [1.54, 1.807) is 52.2 Å². The van der Waals surface area contributed by atoms with E-state index >= 15 is 0 Å². The molecule has 0 aliphatic heterocycles. The lowest BCUT2D eigenvalue weighted by molar-refractivity contribution is 0.102. The summed E-state index contributed by atoms with van der Waals surface area (Å²) in [4.78, 5) is 12.6. The Hall–Kier alpha value is -3.26. The van der Waals surface area contributed by atoms with Gasteiger partial charge in [-0.15, -0.1) is 0 Å². The maximum Gasteiger partial charge on any atom is 0.255 e. The molecule has 0 bridgehead atoms. The Morgan fingerprint density at radius 1 is 1.00 bits per heavy atom. The first-order valence-electron chi connectivity index (χ1n) is 8.91. The topological polar surface area (TPSA) is 64.7 Å². The van der Waals surface area contributed by atoms with Crippen LogP contribution in [0.1, 0.15) is 21.5 Å². The first-order chi connectivity index (χ1) is 14.1. The van der Waals surface area contributed by atoms with Gasteiger partial charge in [-0.2, -0.15) is 10.2 Å². The summed E-state index contributed by atoms with van der Waals surface area (Å²) in [6.07, 6.45) is 6.81. The Labute approximate surface area is 175 Å². The smallest absolute Gasteiger partial charge is 0.255 e. The molecule has 2 aromatic heterocycles. The van der Waals surface area contributed by atoms with Crippen molar-refractivity contribution in [1.29, 1.82) is 0 Å². The molecule has 0 unspecified atom stereocenters. The van der Waals surface area contributed by atoms with E-state index in [1.165, 1.54) is 6.07 Å². The van der Waals surface area contributed by atoms with Gasteiger partial charge in [-0.25, -0.2) is 4.39 Å². The van der Waals surface area contributed by atoms with Crippen LogP contribution in [0, 0.1) is 5.82 Å². The SMILES string of the molecule is O=C(Nc1cnn(Cc2ccccc2F)c1)c1cccc(Cn2cc(Br)cn2)c1. The number of rotatable bonds is 6. The zero-order valence-electron chi connectivity index (χ0n) is 15.3. The van der Waals surface area contributed by atoms with Gasteiger partial charge in [-0.1, -0.05) is 30.3 Å². The van der Waals surface area contributed by atoms with E-state index in [1.807, 2.05) is 24.4 Å². The van der Waals surface area contributed by atoms with E-state index in [9.17, 15) is 9.18 Å². The Balaban J connectivity index is 1.42. The third-order valence-electron chi connectivity index (χ3n) is 4.32. The van der Waals surface area contributed by atoms with Crippen LogP contribution >= 0.6 is 15.9 Å². The molecule has 8 heteroatoms. The van der Waals surface area contributed by atoms with Gasteiger partial charge in [-0.3, -0.25) is 14.2 Å². The van der Waals surface area contributed by atoms with Gasteiger partial charge >= 0.3 is 0 Å². The van der Waals surface area contributed by atoms with Crippen molar-refractivity contribution in [3.05, 3.63) is 100 Å². The Bertz CT molecular complexity index is 1150. The quantitative estimate of drug-likeness (QED) is 0.472. The van der Waals surface area contributed by atoms with Crippen molar-refractivity contribution in [1.82, 2.24) is 19.6 Å². The van der Waals surface area contributed by atoms with E-state index < -0.39 is 0 Å². The highest BCUT2D eigenvalue weighted by molar-refractivity contribution is 9.10. The molecule has 0 aliphatic rings. The summed E-state index contributed by atoms with van der Waals surface area (Å²) in [5, 5.41) is 11.3. The fourth-order valence-corrected chi connectivity index (χ4v) is 3.27. The normalized spacial score (nSPS) is 10.8. The van der Waals surface area contributed by atoms with Crippen molar-refractivity contribution in [3.63, 3.8) is 0 Å². The van der Waals surface area contributed by atoms with Crippen LogP contribution in [0.4, 0.5) is 10.1 Å². The summed E-state index contributed by atoms with van der Waals surface area (Å²) >= 11 is 3.37. The third kappa shape index (κ3) is 4.78. The first-order valence-corrected chi connectivity index (χ1v) is 9.70. The highest BCUT2D eigenvalue weighted by Crippen LogP contribution is 2.14. The molecule has 2 aromatic carbocycles. The Morgan fingerprint density at radius 2 is 1.79 bits per heavy atom. The number of carbonyl (C=O) groups is 1. The highest BCUT2D eigenvalue weighted by atomic mass is 79.9. The molecule has 0 radical (unpaired) electrons. The number of hydrogen-bond donors (Lipinski definition) is 1. The highest BCUT2D eigenvalue weighted by Gasteiger charge is 2.10. The summed E-state index contributed by atoms with van der Waals surface area (Å²) < 4.78 is 18.1. The van der Waals surface area contributed by atoms with Crippen LogP contribution in [0.2, 0.25) is 0 Å². The number of benzene rings is 2. The van der Waals surface area contributed by atoms with Crippen molar-refractivity contribution >= 4 is 27.5 Å². The molecular formula is C21H17BrFN5O. The average molecular weight is 454 g/mol. The van der Waals surface area contributed by atoms with Gasteiger partial charge in [0.2, 0.25) is 0 Å². The molecule has 1 N–H and O–H groups in total. The molecule has 146 valence electrons. The second kappa shape index (κ2) is 8.40. The van der Waals surface area contributed by atoms with Crippen molar-refractivity contribution in [2.24, 2.45) is 0 Å². The van der Waals surface area contributed by atoms with Gasteiger partial charge < -0.3 is 5.32 Å². The van der Waals surface area contributed by atoms with Crippen LogP contribution < -0.4 is 5.32 Å². The van der Waals surface area contributed by atoms with E-state index in [2.05, 4.69) is 31.4 Å². The summed E-state index contributed by atoms with van der Waals surface area (Å²) in [6.45, 7) is 0.852. The zero-order chi connectivity index (χ0) is 20.2. The number of nitrogens with zero attached hydrogens (tertiary/aromatic N) is 4. The van der Waals surface area contributed by atoms with Crippen molar-refractivity contribution in [2.75, 3.05) is 5.32 Å². The monoisotopic (exact) mass is 453 g/mol. The third-order valence-corrected chi connectivity index (χ3v) is 4.73. The molecule has 0 saturated heterocycles. The fourth-order valence-electron chi connectivity index (χ4n) is 2.94. The van der Waals surface area contributed by atoms with E-state index in [0.717, 1.165) is 10.0 Å². The zero-order valence-corrected chi connectivity index (χ0v) is 16.9. The lowest BCUT2D eigenvalue weighted by Crippen LogP contribution is -2.12. The van der Waals surface area contributed by atoms with Crippen molar-refractivity contribution < 1.29 is 9.18 Å². The molecule has 0 fully saturated rings. The van der Waals surface area contributed by atoms with Crippen molar-refractivity contribution in [3.8, 4) is 0 Å². The fraction of sp³-hybridized carbons (Fsp3) is 0.0952. The molecular weight excluding hydrogens is 437 g/mol. The van der Waals surface area contributed by atoms with Crippen LogP contribution in [0.3, 0.4) is 0 Å². The number of hydrogen-bond acceptors (Lipinski definition) is 3. The van der Waals surface area contributed by atoms with Crippen LogP contribution in [0.15, 0.2) is 77.8 Å². The number of amides is 1. The molecule has 0 saturated carbocycles. The van der Waals surface area contributed by atoms with E-state index in [4.69, 9.17) is 0 Å². The second-order valence-corrected chi connectivity index (χ2v) is 7.44. The van der Waals surface area contributed by atoms with E-state index in [0.29, 0.717) is 23.4 Å². The molecule has 29 heavy (non-hydrogen) atoms. The lowest BCUT2D eigenvalue weighted by atomic mass is 10.1. The maximum absolute atomic E-state index is 13.8. The Kier molecular flexibility index (Phi) is 5.53. The van der Waals surface area contributed by atoms with Crippen LogP contribution in [-0.2, 0) is 13.1 Å². The van der Waals surface area contributed by atoms with Gasteiger partial charge in [0.05, 0.1) is 35.6 Å². The van der Waals surface area contributed by atoms with Gasteiger partial charge in [0, 0.05) is 23.5 Å². The van der Waals surface area contributed by atoms with Gasteiger partial charge in [0.25, 0.3) is 5.91 Å². The number of aromatic nitrogens is 4. The summed E-state index contributed by atoms with van der Waals surface area (Å²) in [7, 11) is 0. The minimum atomic E-state index is -0.283. The number of carbonyl (C=O) groups excluding carboxylic acids is 1. The molecule has 0 aliphatic carbocycles. The molecule has 4 rings (SSSR count). The van der Waals surface area contributed by atoms with Crippen LogP contribution in [-0.4, -0.2) is 25.5 Å². The maximum atomic E-state index is 13.8. The van der Waals surface area contributed by atoms with Crippen molar-refractivity contribution in [2.45, 2.75) is 13.1 Å². The molecule has 0 spiro atoms. The van der Waals surface area contributed by atoms with Gasteiger partial charge in [0.1, 0.15) is 5.82 Å². The van der Waals surface area contributed by atoms with E-state index in [-0.39, 0.29) is 18.3 Å². The predicted octanol–water partition coefficient (Wildman–Crippen LogP) is 4.33. The average Bonchev–Trinajstić information content (AvgIpc) is 3.32. The molecule has 1 amide bonds. The molecule has 4 aromatic rings. The lowest BCUT2D eigenvalue weighted by Gasteiger charge is -2.06. The predicted molar refractivity (Wildman–Crippen MR) is 111 cm³/mol. The summed E-state index contributed by atoms with van der Waals surface area (Å²) in [5.41, 5.74) is 2.58. The molecule has 6 nitrogen and oxygen atoms in total. The standard InChI is InChI=1S/C21H17BrFN5O/c22-18-9-24-27(13-18)11-15-4-3-6-16(8-15)21(29)26-19-10-25-28(14-19)12-17-5-1-2-7-20(17)23/h1-10,13-14H,11-12H2,(H,26,29). The number of halogens is 2. The minimum Gasteiger partial charge on any atom is -0.319 e. The second-order valence-electron chi connectivity index (χ2n) is 6.53. The number of nitrogens with one attached hydrogen (secondary N) is 1. The minimum absolute atomic E-state index is 0.237. The van der Waals surface area contributed by atoms with Crippen LogP contribution in [0.5, 0.6) is 0 Å². The Morgan fingerprint density at radius 3 is 2.59 bits per heavy atom. The molecule has 0 atom stereocenters. The summed E-state index contributed by atoms with van der Waals surface area (Å²) in [5.74, 6) is -0.520. The van der Waals surface area contributed by atoms with Crippen LogP contribution in [0.25, 0.3) is 0 Å². The molecule has 2 heterocycles. The summed E-state index contributed by atoms with van der Waals surface area (Å²) in [6, 6.07) is 13.9. The van der Waals surface area contributed by atoms with Gasteiger partial charge in [-0.05, 0) is 39.7 Å². The van der Waals surface area contributed by atoms with Gasteiger partial charge in [0.15, 0.2) is 0 Å². The first kappa shape index (κ1) is 19.1.